The van der Waals surface area contributed by atoms with Crippen LogP contribution >= 0.6 is 0 Å². The minimum atomic E-state index is 0.753. The summed E-state index contributed by atoms with van der Waals surface area (Å²) in [4.78, 5) is 0. The summed E-state index contributed by atoms with van der Waals surface area (Å²) in [5.41, 5.74) is 0. The van der Waals surface area contributed by atoms with E-state index >= 15 is 0 Å². The first-order valence-corrected chi connectivity index (χ1v) is 3.67. The molecule has 1 radical (unpaired) electrons. The van der Waals surface area contributed by atoms with Gasteiger partial charge in [-0.25, -0.2) is 0 Å². The van der Waals surface area contributed by atoms with Gasteiger partial charge in [-0.1, -0.05) is 32.6 Å². The minimum Gasteiger partial charge on any atom is -0.0651 e. The molecule has 0 aromatic carbocycles. The summed E-state index contributed by atoms with van der Waals surface area (Å²) < 4.78 is 0. The van der Waals surface area contributed by atoms with Crippen molar-refractivity contribution in [3.05, 3.63) is 6.92 Å². The second-order valence-electron chi connectivity index (χ2n) is 2.86. The molecule has 1 fully saturated rings. The van der Waals surface area contributed by atoms with Crippen molar-refractivity contribution in [3.8, 4) is 0 Å². The van der Waals surface area contributed by atoms with Crippen LogP contribution in [0.4, 0.5) is 0 Å². The van der Waals surface area contributed by atoms with E-state index in [2.05, 4.69) is 13.8 Å². The van der Waals surface area contributed by atoms with Crippen LogP contribution in [0.3, 0.4) is 0 Å². The molecule has 0 aromatic rings. The van der Waals surface area contributed by atoms with Crippen LogP contribution < -0.4 is 0 Å². The molecule has 0 saturated heterocycles. The Bertz CT molecular complexity index is 59.7. The van der Waals surface area contributed by atoms with E-state index in [1.165, 1.54) is 25.7 Å². The largest absolute Gasteiger partial charge is 0.0651 e. The Labute approximate surface area is 52.3 Å². The minimum absolute atomic E-state index is 0.753. The molecule has 1 aliphatic carbocycles. The molecule has 0 spiro atoms. The predicted molar refractivity (Wildman–Crippen MR) is 36.5 cm³/mol. The van der Waals surface area contributed by atoms with Gasteiger partial charge in [0.2, 0.25) is 0 Å². The lowest BCUT2D eigenvalue weighted by molar-refractivity contribution is 0.235. The Kier molecular flexibility index (Phi) is 1.93. The van der Waals surface area contributed by atoms with Gasteiger partial charge in [0.25, 0.3) is 0 Å². The maximum Gasteiger partial charge on any atom is -0.0386 e. The van der Waals surface area contributed by atoms with Crippen LogP contribution in [-0.2, 0) is 0 Å². The van der Waals surface area contributed by atoms with Crippen molar-refractivity contribution in [1.29, 1.82) is 0 Å². The first-order chi connectivity index (χ1) is 3.84. The highest BCUT2D eigenvalue weighted by Gasteiger charge is 2.21. The zero-order chi connectivity index (χ0) is 5.98. The van der Waals surface area contributed by atoms with Crippen LogP contribution in [0.1, 0.15) is 32.6 Å². The molecule has 0 heterocycles. The number of rotatable bonds is 2. The van der Waals surface area contributed by atoms with Crippen molar-refractivity contribution in [2.45, 2.75) is 32.6 Å². The molecule has 0 nitrogen and oxygen atoms in total. The first kappa shape index (κ1) is 6.12. The smallest absolute Gasteiger partial charge is 0.0386 e. The molecular weight excluding hydrogens is 96.1 g/mol. The zero-order valence-corrected chi connectivity index (χ0v) is 5.69. The van der Waals surface area contributed by atoms with Gasteiger partial charge in [0.15, 0.2) is 0 Å². The highest BCUT2D eigenvalue weighted by Crippen LogP contribution is 2.34. The average molecular weight is 111 g/mol. The predicted octanol–water partition coefficient (Wildman–Crippen LogP) is 2.65. The summed E-state index contributed by atoms with van der Waals surface area (Å²) in [5.74, 6) is 1.74. The van der Waals surface area contributed by atoms with Gasteiger partial charge in [-0.2, -0.15) is 0 Å². The van der Waals surface area contributed by atoms with Gasteiger partial charge in [-0.15, -0.1) is 0 Å². The third-order valence-electron chi connectivity index (χ3n) is 2.34. The quantitative estimate of drug-likeness (QED) is 0.514. The van der Waals surface area contributed by atoms with Gasteiger partial charge < -0.3 is 0 Å². The van der Waals surface area contributed by atoms with E-state index in [1.54, 1.807) is 0 Å². The lowest BCUT2D eigenvalue weighted by atomic mass is 9.76. The van der Waals surface area contributed by atoms with Gasteiger partial charge in [-0.05, 0) is 18.8 Å². The summed E-state index contributed by atoms with van der Waals surface area (Å²) in [5, 5.41) is 0. The van der Waals surface area contributed by atoms with Crippen molar-refractivity contribution >= 4 is 0 Å². The molecular formula is C8H15. The number of hydrogen-bond acceptors (Lipinski definition) is 0. The van der Waals surface area contributed by atoms with Crippen LogP contribution in [0.5, 0.6) is 0 Å². The second kappa shape index (κ2) is 2.52. The molecule has 1 atom stereocenters. The van der Waals surface area contributed by atoms with Crippen molar-refractivity contribution in [3.63, 3.8) is 0 Å². The Hall–Kier alpha value is 0. The van der Waals surface area contributed by atoms with Gasteiger partial charge in [0.1, 0.15) is 0 Å². The summed E-state index contributed by atoms with van der Waals surface area (Å²) in [6, 6.07) is 0. The van der Waals surface area contributed by atoms with E-state index in [-0.39, 0.29) is 0 Å². The Balaban J connectivity index is 2.13. The van der Waals surface area contributed by atoms with Gasteiger partial charge in [0.05, 0.1) is 0 Å². The van der Waals surface area contributed by atoms with Gasteiger partial charge in [-0.3, -0.25) is 0 Å². The maximum absolute atomic E-state index is 4.08. The third-order valence-corrected chi connectivity index (χ3v) is 2.34. The van der Waals surface area contributed by atoms with Crippen LogP contribution in [-0.4, -0.2) is 0 Å². The van der Waals surface area contributed by atoms with Crippen molar-refractivity contribution in [1.82, 2.24) is 0 Å². The summed E-state index contributed by atoms with van der Waals surface area (Å²) in [6.07, 6.45) is 5.62. The average Bonchev–Trinajstić information content (AvgIpc) is 1.62. The van der Waals surface area contributed by atoms with E-state index in [0.717, 1.165) is 11.8 Å². The third kappa shape index (κ3) is 1.04. The fourth-order valence-corrected chi connectivity index (χ4v) is 1.24. The monoisotopic (exact) mass is 111 g/mol. The van der Waals surface area contributed by atoms with Crippen molar-refractivity contribution in [2.75, 3.05) is 0 Å². The molecule has 0 amide bonds. The lowest BCUT2D eigenvalue weighted by Crippen LogP contribution is -2.18. The van der Waals surface area contributed by atoms with E-state index < -0.39 is 0 Å². The SMILES string of the molecule is [CH2]C(CC)C1CCC1. The molecule has 0 bridgehead atoms. The highest BCUT2D eigenvalue weighted by molar-refractivity contribution is 4.77. The fraction of sp³-hybridized carbons (Fsp3) is 0.875. The molecule has 47 valence electrons. The van der Waals surface area contributed by atoms with E-state index in [1.807, 2.05) is 0 Å². The van der Waals surface area contributed by atoms with Crippen LogP contribution in [0.2, 0.25) is 0 Å². The highest BCUT2D eigenvalue weighted by atomic mass is 14.3. The standard InChI is InChI=1S/C8H15/c1-3-7(2)8-5-4-6-8/h7-8H,2-6H2,1H3. The zero-order valence-electron chi connectivity index (χ0n) is 5.69. The topological polar surface area (TPSA) is 0 Å². The number of hydrogen-bond donors (Lipinski definition) is 0. The molecule has 1 saturated carbocycles. The van der Waals surface area contributed by atoms with Gasteiger partial charge >= 0.3 is 0 Å². The second-order valence-corrected chi connectivity index (χ2v) is 2.86. The summed E-state index contributed by atoms with van der Waals surface area (Å²) in [7, 11) is 0. The molecule has 0 aliphatic heterocycles. The maximum atomic E-state index is 4.08. The van der Waals surface area contributed by atoms with Crippen molar-refractivity contribution in [2.24, 2.45) is 11.8 Å². The Morgan fingerprint density at radius 2 is 2.25 bits per heavy atom. The molecule has 8 heavy (non-hydrogen) atoms. The molecule has 1 unspecified atom stereocenters. The first-order valence-electron chi connectivity index (χ1n) is 3.67. The van der Waals surface area contributed by atoms with Crippen LogP contribution in [0, 0.1) is 18.8 Å². The summed E-state index contributed by atoms with van der Waals surface area (Å²) in [6.45, 7) is 6.31. The molecule has 0 N–H and O–H groups in total. The van der Waals surface area contributed by atoms with Crippen molar-refractivity contribution < 1.29 is 0 Å². The van der Waals surface area contributed by atoms with Gasteiger partial charge in [0, 0.05) is 0 Å². The van der Waals surface area contributed by atoms with E-state index in [0.29, 0.717) is 0 Å². The summed E-state index contributed by atoms with van der Waals surface area (Å²) >= 11 is 0. The lowest BCUT2D eigenvalue weighted by Gasteiger charge is -2.30. The normalized spacial score (nSPS) is 24.8. The molecule has 1 aliphatic rings. The molecule has 1 rings (SSSR count). The van der Waals surface area contributed by atoms with Crippen LogP contribution in [0.15, 0.2) is 0 Å². The molecule has 0 heteroatoms. The fourth-order valence-electron chi connectivity index (χ4n) is 1.24. The molecule has 0 aromatic heterocycles. The Morgan fingerprint density at radius 3 is 2.38 bits per heavy atom. The Morgan fingerprint density at radius 1 is 1.62 bits per heavy atom. The van der Waals surface area contributed by atoms with E-state index in [4.69, 9.17) is 0 Å². The van der Waals surface area contributed by atoms with Crippen LogP contribution in [0.25, 0.3) is 0 Å². The van der Waals surface area contributed by atoms with E-state index in [9.17, 15) is 0 Å².